The van der Waals surface area contributed by atoms with Crippen molar-refractivity contribution in [1.82, 2.24) is 30.2 Å². The largest absolute Gasteiger partial charge is 0.364 e. The fourth-order valence-corrected chi connectivity index (χ4v) is 6.03. The van der Waals surface area contributed by atoms with Crippen molar-refractivity contribution in [3.63, 3.8) is 0 Å². The fourth-order valence-electron chi connectivity index (χ4n) is 6.03. The van der Waals surface area contributed by atoms with Crippen LogP contribution in [0.5, 0.6) is 0 Å². The molecule has 1 unspecified atom stereocenters. The fraction of sp³-hybridized carbons (Fsp3) is 0.323. The van der Waals surface area contributed by atoms with E-state index < -0.39 is 29.7 Å². The average molecular weight is 599 g/mol. The molecular weight excluding hydrogens is 567 g/mol. The van der Waals surface area contributed by atoms with Crippen LogP contribution in [0, 0.1) is 12.7 Å². The zero-order valence-electron chi connectivity index (χ0n) is 24.1. The Labute approximate surface area is 252 Å². The molecule has 3 N–H and O–H groups in total. The first-order valence-electron chi connectivity index (χ1n) is 14.5. The van der Waals surface area contributed by atoms with Gasteiger partial charge in [-0.25, -0.2) is 4.39 Å². The van der Waals surface area contributed by atoms with Crippen molar-refractivity contribution < 1.29 is 23.6 Å². The van der Waals surface area contributed by atoms with E-state index in [1.54, 1.807) is 42.7 Å². The van der Waals surface area contributed by atoms with E-state index in [1.165, 1.54) is 20.5 Å². The average Bonchev–Trinajstić information content (AvgIpc) is 3.66. The number of primary amides is 1. The molecule has 2 aromatic carbocycles. The SMILES string of the molecule is Cc1ccc(F)c(N2CCCC(NC(=O)[C@@H]3CCCN3C(=O)Cn3nc(C(N)=O)c4cc(-c5ccnnc5)ccc43)C2=O)c1. The maximum atomic E-state index is 14.6. The third-order valence-corrected chi connectivity index (χ3v) is 8.21. The highest BCUT2D eigenvalue weighted by Crippen LogP contribution is 2.28. The summed E-state index contributed by atoms with van der Waals surface area (Å²) in [5.41, 5.74) is 8.76. The number of fused-ring (bicyclic) bond motifs is 1. The first-order valence-corrected chi connectivity index (χ1v) is 14.5. The van der Waals surface area contributed by atoms with Gasteiger partial charge in [-0.15, -0.1) is 0 Å². The number of nitrogens with two attached hydrogens (primary N) is 1. The summed E-state index contributed by atoms with van der Waals surface area (Å²) in [6, 6.07) is 10.1. The number of anilines is 1. The molecule has 0 radical (unpaired) electrons. The van der Waals surface area contributed by atoms with Crippen molar-refractivity contribution in [1.29, 1.82) is 0 Å². The van der Waals surface area contributed by atoms with E-state index in [-0.39, 0.29) is 29.7 Å². The number of carbonyl (C=O) groups is 4. The zero-order chi connectivity index (χ0) is 31.0. The van der Waals surface area contributed by atoms with Crippen LogP contribution in [-0.2, 0) is 20.9 Å². The molecule has 44 heavy (non-hydrogen) atoms. The smallest absolute Gasteiger partial charge is 0.269 e. The number of likely N-dealkylation sites (tertiary alicyclic amines) is 1. The van der Waals surface area contributed by atoms with Gasteiger partial charge in [0.1, 0.15) is 24.4 Å². The molecule has 2 saturated heterocycles. The molecule has 2 aliphatic rings. The minimum absolute atomic E-state index is 0.0257. The van der Waals surface area contributed by atoms with Crippen LogP contribution in [0.4, 0.5) is 10.1 Å². The molecule has 226 valence electrons. The number of halogens is 1. The molecule has 2 fully saturated rings. The van der Waals surface area contributed by atoms with Gasteiger partial charge in [-0.1, -0.05) is 12.1 Å². The van der Waals surface area contributed by atoms with Crippen LogP contribution in [0.15, 0.2) is 54.9 Å². The summed E-state index contributed by atoms with van der Waals surface area (Å²) in [6.07, 6.45) is 5.21. The topological polar surface area (TPSA) is 156 Å². The molecule has 13 heteroatoms. The number of aryl methyl sites for hydroxylation is 1. The minimum atomic E-state index is -0.827. The van der Waals surface area contributed by atoms with Crippen molar-refractivity contribution >= 4 is 40.2 Å². The van der Waals surface area contributed by atoms with Crippen molar-refractivity contribution in [2.24, 2.45) is 5.73 Å². The number of hydrogen-bond acceptors (Lipinski definition) is 7. The highest BCUT2D eigenvalue weighted by Gasteiger charge is 2.38. The van der Waals surface area contributed by atoms with E-state index in [2.05, 4.69) is 20.6 Å². The van der Waals surface area contributed by atoms with E-state index >= 15 is 0 Å². The van der Waals surface area contributed by atoms with Crippen LogP contribution in [-0.4, -0.2) is 73.7 Å². The number of rotatable bonds is 7. The van der Waals surface area contributed by atoms with E-state index in [9.17, 15) is 23.6 Å². The quantitative estimate of drug-likeness (QED) is 0.331. The van der Waals surface area contributed by atoms with Gasteiger partial charge in [0, 0.05) is 24.0 Å². The van der Waals surface area contributed by atoms with Crippen LogP contribution in [0.25, 0.3) is 22.0 Å². The number of carbonyl (C=O) groups excluding carboxylic acids is 4. The maximum Gasteiger partial charge on any atom is 0.269 e. The Kier molecular flexibility index (Phi) is 7.77. The normalized spacial score (nSPS) is 18.5. The Morgan fingerprint density at radius 3 is 2.61 bits per heavy atom. The number of nitrogens with zero attached hydrogens (tertiary/aromatic N) is 6. The van der Waals surface area contributed by atoms with Gasteiger partial charge in [-0.3, -0.25) is 23.9 Å². The molecule has 4 amide bonds. The predicted octanol–water partition coefficient (Wildman–Crippen LogP) is 2.34. The van der Waals surface area contributed by atoms with Gasteiger partial charge in [0.25, 0.3) is 5.91 Å². The lowest BCUT2D eigenvalue weighted by Gasteiger charge is -2.34. The van der Waals surface area contributed by atoms with Crippen LogP contribution in [0.2, 0.25) is 0 Å². The van der Waals surface area contributed by atoms with E-state index in [0.717, 1.165) is 16.7 Å². The van der Waals surface area contributed by atoms with Crippen molar-refractivity contribution in [2.45, 2.75) is 51.2 Å². The Morgan fingerprint density at radius 1 is 1.02 bits per heavy atom. The van der Waals surface area contributed by atoms with Gasteiger partial charge in [-0.05, 0) is 74.1 Å². The molecular formula is C31H31FN8O4. The Hall–Kier alpha value is -5.20. The van der Waals surface area contributed by atoms with Crippen LogP contribution in [0.1, 0.15) is 41.7 Å². The molecule has 2 aliphatic heterocycles. The summed E-state index contributed by atoms with van der Waals surface area (Å²) in [6.45, 7) is 2.32. The molecule has 12 nitrogen and oxygen atoms in total. The van der Waals surface area contributed by atoms with Crippen LogP contribution >= 0.6 is 0 Å². The lowest BCUT2D eigenvalue weighted by Crippen LogP contribution is -2.56. The number of hydrogen-bond donors (Lipinski definition) is 2. The molecule has 0 aliphatic carbocycles. The number of amides is 4. The lowest BCUT2D eigenvalue weighted by atomic mass is 10.0. The highest BCUT2D eigenvalue weighted by molar-refractivity contribution is 6.05. The van der Waals surface area contributed by atoms with Crippen LogP contribution < -0.4 is 16.0 Å². The Morgan fingerprint density at radius 2 is 1.84 bits per heavy atom. The molecule has 0 spiro atoms. The summed E-state index contributed by atoms with van der Waals surface area (Å²) in [5, 5.41) is 15.3. The summed E-state index contributed by atoms with van der Waals surface area (Å²) in [7, 11) is 0. The van der Waals surface area contributed by atoms with E-state index in [4.69, 9.17) is 5.73 Å². The second-order valence-electron chi connectivity index (χ2n) is 11.1. The van der Waals surface area contributed by atoms with E-state index in [0.29, 0.717) is 49.7 Å². The summed E-state index contributed by atoms with van der Waals surface area (Å²) < 4.78 is 16.0. The molecule has 0 bridgehead atoms. The summed E-state index contributed by atoms with van der Waals surface area (Å²) in [4.78, 5) is 55.4. The molecule has 4 aromatic rings. The maximum absolute atomic E-state index is 14.6. The predicted molar refractivity (Wildman–Crippen MR) is 159 cm³/mol. The number of aromatic nitrogens is 4. The van der Waals surface area contributed by atoms with Gasteiger partial charge in [-0.2, -0.15) is 15.3 Å². The second-order valence-corrected chi connectivity index (χ2v) is 11.1. The van der Waals surface area contributed by atoms with Crippen molar-refractivity contribution in [3.05, 3.63) is 71.9 Å². The lowest BCUT2D eigenvalue weighted by molar-refractivity contribution is -0.140. The summed E-state index contributed by atoms with van der Waals surface area (Å²) in [5.74, 6) is -2.40. The number of nitrogens with one attached hydrogen (secondary N) is 1. The van der Waals surface area contributed by atoms with E-state index in [1.807, 2.05) is 13.0 Å². The van der Waals surface area contributed by atoms with Crippen LogP contribution in [0.3, 0.4) is 0 Å². The van der Waals surface area contributed by atoms with Gasteiger partial charge in [0.15, 0.2) is 5.69 Å². The van der Waals surface area contributed by atoms with Crippen molar-refractivity contribution in [3.8, 4) is 11.1 Å². The zero-order valence-corrected chi connectivity index (χ0v) is 24.1. The second kappa shape index (κ2) is 11.8. The highest BCUT2D eigenvalue weighted by atomic mass is 19.1. The summed E-state index contributed by atoms with van der Waals surface area (Å²) >= 11 is 0. The Balaban J connectivity index is 1.18. The molecule has 0 saturated carbocycles. The van der Waals surface area contributed by atoms with Gasteiger partial charge in [0.2, 0.25) is 17.7 Å². The minimum Gasteiger partial charge on any atom is -0.364 e. The van der Waals surface area contributed by atoms with Gasteiger partial charge < -0.3 is 20.9 Å². The molecule has 2 atom stereocenters. The molecule has 4 heterocycles. The third-order valence-electron chi connectivity index (χ3n) is 8.21. The monoisotopic (exact) mass is 598 g/mol. The first-order chi connectivity index (χ1) is 21.2. The standard InChI is InChI=1S/C31H31FN8O4/c1-18-6-8-22(32)26(14-18)39-13-2-4-23(31(39)44)36-30(43)25-5-3-12-38(25)27(41)17-40-24-9-7-19(20-10-11-34-35-16-20)15-21(24)28(37-40)29(33)42/h6-11,14-16,23,25H,2-5,12-13,17H2,1H3,(H2,33,42)(H,36,43)/t23?,25-/m0/s1. The van der Waals surface area contributed by atoms with Gasteiger partial charge >= 0.3 is 0 Å². The number of piperidine rings is 1. The molecule has 2 aromatic heterocycles. The van der Waals surface area contributed by atoms with Gasteiger partial charge in [0.05, 0.1) is 23.6 Å². The number of benzene rings is 2. The van der Waals surface area contributed by atoms with Crippen molar-refractivity contribution in [2.75, 3.05) is 18.0 Å². The third kappa shape index (κ3) is 5.48. The molecule has 6 rings (SSSR count). The first kappa shape index (κ1) is 28.9. The Bertz CT molecular complexity index is 1780.